The SMILES string of the molecule is CCOc1ccc(-c2ccc(=O)n(CCNC(=O)/C=C/c3ccc(OC)cc3)n2)cc1. The summed E-state index contributed by atoms with van der Waals surface area (Å²) in [4.78, 5) is 24.2. The number of ether oxygens (including phenoxy) is 2. The smallest absolute Gasteiger partial charge is 0.266 e. The highest BCUT2D eigenvalue weighted by atomic mass is 16.5. The van der Waals surface area contributed by atoms with Gasteiger partial charge < -0.3 is 14.8 Å². The molecule has 2 aromatic carbocycles. The minimum Gasteiger partial charge on any atom is -0.497 e. The highest BCUT2D eigenvalue weighted by Gasteiger charge is 2.05. The summed E-state index contributed by atoms with van der Waals surface area (Å²) in [6, 6.07) is 18.1. The van der Waals surface area contributed by atoms with Crippen LogP contribution in [0.4, 0.5) is 0 Å². The number of hydrogen-bond acceptors (Lipinski definition) is 5. The summed E-state index contributed by atoms with van der Waals surface area (Å²) in [6.45, 7) is 3.08. The fraction of sp³-hybridized carbons (Fsp3) is 0.208. The van der Waals surface area contributed by atoms with Crippen molar-refractivity contribution in [1.29, 1.82) is 0 Å². The van der Waals surface area contributed by atoms with Gasteiger partial charge in [0, 0.05) is 24.3 Å². The van der Waals surface area contributed by atoms with Crippen LogP contribution in [-0.2, 0) is 11.3 Å². The maximum Gasteiger partial charge on any atom is 0.266 e. The van der Waals surface area contributed by atoms with Crippen LogP contribution < -0.4 is 20.3 Å². The van der Waals surface area contributed by atoms with Gasteiger partial charge in [-0.2, -0.15) is 5.10 Å². The minimum absolute atomic E-state index is 0.224. The lowest BCUT2D eigenvalue weighted by Gasteiger charge is -2.08. The van der Waals surface area contributed by atoms with Crippen LogP contribution in [0.3, 0.4) is 0 Å². The molecular weight excluding hydrogens is 394 g/mol. The summed E-state index contributed by atoms with van der Waals surface area (Å²) in [7, 11) is 1.60. The van der Waals surface area contributed by atoms with Gasteiger partial charge in [-0.3, -0.25) is 9.59 Å². The van der Waals surface area contributed by atoms with E-state index < -0.39 is 0 Å². The molecule has 160 valence electrons. The zero-order valence-corrected chi connectivity index (χ0v) is 17.6. The first-order valence-corrected chi connectivity index (χ1v) is 10.0. The van der Waals surface area contributed by atoms with Crippen LogP contribution in [-0.4, -0.2) is 35.9 Å². The number of methoxy groups -OCH3 is 1. The third kappa shape index (κ3) is 6.30. The van der Waals surface area contributed by atoms with E-state index in [0.717, 1.165) is 22.6 Å². The van der Waals surface area contributed by atoms with Crippen molar-refractivity contribution in [3.63, 3.8) is 0 Å². The topological polar surface area (TPSA) is 82.5 Å². The summed E-state index contributed by atoms with van der Waals surface area (Å²) >= 11 is 0. The van der Waals surface area contributed by atoms with E-state index in [2.05, 4.69) is 10.4 Å². The van der Waals surface area contributed by atoms with E-state index in [1.54, 1.807) is 19.3 Å². The molecule has 7 heteroatoms. The highest BCUT2D eigenvalue weighted by molar-refractivity contribution is 5.91. The Kier molecular flexibility index (Phi) is 7.59. The van der Waals surface area contributed by atoms with Gasteiger partial charge in [0.25, 0.3) is 5.56 Å². The van der Waals surface area contributed by atoms with Crippen LogP contribution >= 0.6 is 0 Å². The molecule has 31 heavy (non-hydrogen) atoms. The quantitative estimate of drug-likeness (QED) is 0.539. The van der Waals surface area contributed by atoms with E-state index >= 15 is 0 Å². The van der Waals surface area contributed by atoms with E-state index in [0.29, 0.717) is 12.3 Å². The number of nitrogens with zero attached hydrogens (tertiary/aromatic N) is 2. The maximum absolute atomic E-state index is 12.1. The van der Waals surface area contributed by atoms with Crippen LogP contribution in [0.15, 0.2) is 71.5 Å². The van der Waals surface area contributed by atoms with Crippen LogP contribution in [0.2, 0.25) is 0 Å². The Morgan fingerprint density at radius 1 is 1.03 bits per heavy atom. The van der Waals surface area contributed by atoms with Crippen molar-refractivity contribution in [2.24, 2.45) is 0 Å². The second-order valence-electron chi connectivity index (χ2n) is 6.63. The summed E-state index contributed by atoms with van der Waals surface area (Å²) in [5.41, 5.74) is 2.21. The molecule has 0 radical (unpaired) electrons. The second-order valence-corrected chi connectivity index (χ2v) is 6.63. The van der Waals surface area contributed by atoms with E-state index in [1.165, 1.54) is 16.8 Å². The Morgan fingerprint density at radius 3 is 2.42 bits per heavy atom. The van der Waals surface area contributed by atoms with Gasteiger partial charge in [0.15, 0.2) is 0 Å². The Hall–Kier alpha value is -3.87. The van der Waals surface area contributed by atoms with Gasteiger partial charge in [0.05, 0.1) is 26.0 Å². The van der Waals surface area contributed by atoms with Gasteiger partial charge in [-0.1, -0.05) is 12.1 Å². The summed E-state index contributed by atoms with van der Waals surface area (Å²) in [5.74, 6) is 1.29. The molecule has 0 saturated carbocycles. The Bertz CT molecular complexity index is 1090. The zero-order valence-electron chi connectivity index (χ0n) is 17.6. The molecule has 1 heterocycles. The van der Waals surface area contributed by atoms with Crippen molar-refractivity contribution in [2.75, 3.05) is 20.3 Å². The van der Waals surface area contributed by atoms with Crippen molar-refractivity contribution in [3.05, 3.63) is 82.7 Å². The van der Waals surface area contributed by atoms with Crippen LogP contribution in [0.5, 0.6) is 11.5 Å². The molecule has 3 rings (SSSR count). The Morgan fingerprint density at radius 2 is 1.74 bits per heavy atom. The predicted molar refractivity (Wildman–Crippen MR) is 120 cm³/mol. The first kappa shape index (κ1) is 21.8. The van der Waals surface area contributed by atoms with Gasteiger partial charge in [0.2, 0.25) is 5.91 Å². The van der Waals surface area contributed by atoms with Crippen molar-refractivity contribution >= 4 is 12.0 Å². The summed E-state index contributed by atoms with van der Waals surface area (Å²) < 4.78 is 11.9. The third-order valence-corrected chi connectivity index (χ3v) is 4.49. The van der Waals surface area contributed by atoms with Gasteiger partial charge in [-0.25, -0.2) is 4.68 Å². The number of benzene rings is 2. The molecule has 3 aromatic rings. The molecule has 0 spiro atoms. The number of nitrogens with one attached hydrogen (secondary N) is 1. The molecule has 0 aliphatic carbocycles. The molecular formula is C24H25N3O4. The monoisotopic (exact) mass is 419 g/mol. The second kappa shape index (κ2) is 10.8. The van der Waals surface area contributed by atoms with Crippen molar-refractivity contribution < 1.29 is 14.3 Å². The van der Waals surface area contributed by atoms with Crippen molar-refractivity contribution in [1.82, 2.24) is 15.1 Å². The first-order chi connectivity index (χ1) is 15.1. The molecule has 1 amide bonds. The minimum atomic E-state index is -0.244. The molecule has 0 saturated heterocycles. The van der Waals surface area contributed by atoms with Gasteiger partial charge in [0.1, 0.15) is 11.5 Å². The fourth-order valence-corrected chi connectivity index (χ4v) is 2.88. The fourth-order valence-electron chi connectivity index (χ4n) is 2.88. The average Bonchev–Trinajstić information content (AvgIpc) is 2.80. The number of hydrogen-bond donors (Lipinski definition) is 1. The predicted octanol–water partition coefficient (Wildman–Crippen LogP) is 3.15. The van der Waals surface area contributed by atoms with Gasteiger partial charge in [-0.05, 0) is 61.0 Å². The molecule has 0 atom stereocenters. The summed E-state index contributed by atoms with van der Waals surface area (Å²) in [5, 5.41) is 7.17. The normalized spacial score (nSPS) is 10.8. The summed E-state index contributed by atoms with van der Waals surface area (Å²) in [6.07, 6.45) is 3.17. The van der Waals surface area contributed by atoms with Crippen molar-refractivity contribution in [2.45, 2.75) is 13.5 Å². The lowest BCUT2D eigenvalue weighted by Crippen LogP contribution is -2.31. The lowest BCUT2D eigenvalue weighted by molar-refractivity contribution is -0.116. The Labute approximate surface area is 180 Å². The van der Waals surface area contributed by atoms with E-state index in [1.807, 2.05) is 55.5 Å². The number of carbonyl (C=O) groups is 1. The molecule has 1 N–H and O–H groups in total. The molecule has 0 unspecified atom stereocenters. The van der Waals surface area contributed by atoms with Gasteiger partial charge >= 0.3 is 0 Å². The average molecular weight is 419 g/mol. The van der Waals surface area contributed by atoms with Crippen LogP contribution in [0.1, 0.15) is 12.5 Å². The van der Waals surface area contributed by atoms with E-state index in [-0.39, 0.29) is 24.6 Å². The van der Waals surface area contributed by atoms with Crippen molar-refractivity contribution in [3.8, 4) is 22.8 Å². The van der Waals surface area contributed by atoms with E-state index in [4.69, 9.17) is 9.47 Å². The number of amides is 1. The highest BCUT2D eigenvalue weighted by Crippen LogP contribution is 2.19. The number of rotatable bonds is 9. The van der Waals surface area contributed by atoms with Gasteiger partial charge in [-0.15, -0.1) is 0 Å². The molecule has 0 aliphatic rings. The standard InChI is InChI=1S/C24H25N3O4/c1-3-31-21-11-7-19(8-12-21)22-13-15-24(29)27(26-22)17-16-25-23(28)14-6-18-4-9-20(30-2)10-5-18/h4-15H,3,16-17H2,1-2H3,(H,25,28)/b14-6+. The third-order valence-electron chi connectivity index (χ3n) is 4.49. The first-order valence-electron chi connectivity index (χ1n) is 10.0. The van der Waals surface area contributed by atoms with Crippen LogP contribution in [0, 0.1) is 0 Å². The largest absolute Gasteiger partial charge is 0.497 e. The molecule has 0 fully saturated rings. The zero-order chi connectivity index (χ0) is 22.1. The van der Waals surface area contributed by atoms with Crippen LogP contribution in [0.25, 0.3) is 17.3 Å². The number of carbonyl (C=O) groups excluding carboxylic acids is 1. The molecule has 0 bridgehead atoms. The maximum atomic E-state index is 12.1. The Balaban J connectivity index is 1.57. The molecule has 7 nitrogen and oxygen atoms in total. The lowest BCUT2D eigenvalue weighted by atomic mass is 10.1. The molecule has 1 aromatic heterocycles. The molecule has 0 aliphatic heterocycles. The van der Waals surface area contributed by atoms with E-state index in [9.17, 15) is 9.59 Å². The number of aromatic nitrogens is 2.